The van der Waals surface area contributed by atoms with Crippen molar-refractivity contribution in [2.45, 2.75) is 27.2 Å². The third-order valence-electron chi connectivity index (χ3n) is 6.46. The summed E-state index contributed by atoms with van der Waals surface area (Å²) in [6.07, 6.45) is 4.27. The zero-order valence-electron chi connectivity index (χ0n) is 20.8. The molecule has 0 fully saturated rings. The summed E-state index contributed by atoms with van der Waals surface area (Å²) in [6.45, 7) is 6.47. The topological polar surface area (TPSA) is 51.5 Å². The molecular formula is C32H29NO3. The Morgan fingerprint density at radius 2 is 1.72 bits per heavy atom. The van der Waals surface area contributed by atoms with E-state index in [1.165, 1.54) is 10.8 Å². The Labute approximate surface area is 211 Å². The summed E-state index contributed by atoms with van der Waals surface area (Å²) in [5, 5.41) is 6.38. The average molecular weight is 476 g/mol. The highest BCUT2D eigenvalue weighted by molar-refractivity contribution is 6.06. The first-order valence-corrected chi connectivity index (χ1v) is 12.3. The SMILES string of the molecule is CCOc1cc2occ(-c3ccc4ccccc4c3)c2cc1/C(C)=C/C(=O)Nc1ccccc1CC. The molecule has 0 atom stereocenters. The summed E-state index contributed by atoms with van der Waals surface area (Å²) < 4.78 is 11.9. The Balaban J connectivity index is 1.54. The van der Waals surface area contributed by atoms with Crippen molar-refractivity contribution < 1.29 is 13.9 Å². The molecule has 4 heteroatoms. The van der Waals surface area contributed by atoms with Crippen LogP contribution in [0.3, 0.4) is 0 Å². The van der Waals surface area contributed by atoms with E-state index in [9.17, 15) is 4.79 Å². The number of hydrogen-bond acceptors (Lipinski definition) is 3. The molecule has 0 bridgehead atoms. The van der Waals surface area contributed by atoms with Gasteiger partial charge < -0.3 is 14.5 Å². The van der Waals surface area contributed by atoms with Crippen LogP contribution in [0.15, 0.2) is 95.6 Å². The van der Waals surface area contributed by atoms with E-state index in [0.717, 1.165) is 50.9 Å². The molecule has 1 amide bonds. The van der Waals surface area contributed by atoms with Crippen molar-refractivity contribution in [1.82, 2.24) is 0 Å². The van der Waals surface area contributed by atoms with Gasteiger partial charge in [0.1, 0.15) is 11.3 Å². The number of furan rings is 1. The Morgan fingerprint density at radius 3 is 2.53 bits per heavy atom. The molecule has 4 aromatic carbocycles. The summed E-state index contributed by atoms with van der Waals surface area (Å²) in [7, 11) is 0. The first-order valence-electron chi connectivity index (χ1n) is 12.3. The Bertz CT molecular complexity index is 1590. The molecule has 0 spiro atoms. The second-order valence-corrected chi connectivity index (χ2v) is 8.82. The van der Waals surface area contributed by atoms with Gasteiger partial charge in [0.05, 0.1) is 12.9 Å². The van der Waals surface area contributed by atoms with Gasteiger partial charge in [0.25, 0.3) is 0 Å². The second-order valence-electron chi connectivity index (χ2n) is 8.82. The summed E-state index contributed by atoms with van der Waals surface area (Å²) in [5.41, 5.74) is 6.46. The number of allylic oxidation sites excluding steroid dienone is 1. The predicted molar refractivity (Wildman–Crippen MR) is 148 cm³/mol. The Hall–Kier alpha value is -4.31. The Kier molecular flexibility index (Phi) is 6.59. The van der Waals surface area contributed by atoms with Gasteiger partial charge in [0.15, 0.2) is 0 Å². The molecule has 0 unspecified atom stereocenters. The summed E-state index contributed by atoms with van der Waals surface area (Å²) in [4.78, 5) is 12.9. The van der Waals surface area contributed by atoms with E-state index in [0.29, 0.717) is 12.4 Å². The van der Waals surface area contributed by atoms with E-state index in [1.54, 1.807) is 12.3 Å². The lowest BCUT2D eigenvalue weighted by Crippen LogP contribution is -2.10. The number of benzene rings is 4. The van der Waals surface area contributed by atoms with Crippen LogP contribution in [0.5, 0.6) is 5.75 Å². The van der Waals surface area contributed by atoms with Gasteiger partial charge in [-0.3, -0.25) is 4.79 Å². The summed E-state index contributed by atoms with van der Waals surface area (Å²) in [5.74, 6) is 0.526. The van der Waals surface area contributed by atoms with Crippen LogP contribution in [-0.2, 0) is 11.2 Å². The van der Waals surface area contributed by atoms with E-state index in [-0.39, 0.29) is 5.91 Å². The molecule has 1 heterocycles. The van der Waals surface area contributed by atoms with E-state index < -0.39 is 0 Å². The molecule has 0 aliphatic rings. The normalized spacial score (nSPS) is 11.7. The number of amides is 1. The lowest BCUT2D eigenvalue weighted by atomic mass is 9.97. The van der Waals surface area contributed by atoms with Gasteiger partial charge in [-0.25, -0.2) is 0 Å². The number of rotatable bonds is 7. The third kappa shape index (κ3) is 4.63. The van der Waals surface area contributed by atoms with E-state index in [1.807, 2.05) is 56.3 Å². The van der Waals surface area contributed by atoms with Crippen LogP contribution >= 0.6 is 0 Å². The Morgan fingerprint density at radius 1 is 0.944 bits per heavy atom. The molecule has 0 saturated heterocycles. The van der Waals surface area contributed by atoms with Gasteiger partial charge in [-0.05, 0) is 65.9 Å². The predicted octanol–water partition coefficient (Wildman–Crippen LogP) is 8.26. The van der Waals surface area contributed by atoms with Crippen LogP contribution in [0, 0.1) is 0 Å². The fraction of sp³-hybridized carbons (Fsp3) is 0.156. The number of fused-ring (bicyclic) bond motifs is 2. The van der Waals surface area contributed by atoms with Gasteiger partial charge in [-0.1, -0.05) is 61.5 Å². The zero-order valence-corrected chi connectivity index (χ0v) is 20.8. The maximum atomic E-state index is 12.9. The van der Waals surface area contributed by atoms with E-state index in [2.05, 4.69) is 48.6 Å². The first kappa shape index (κ1) is 23.4. The zero-order chi connectivity index (χ0) is 25.1. The average Bonchev–Trinajstić information content (AvgIpc) is 3.31. The lowest BCUT2D eigenvalue weighted by molar-refractivity contribution is -0.111. The number of para-hydroxylation sites is 1. The minimum atomic E-state index is -0.169. The van der Waals surface area contributed by atoms with Crippen LogP contribution in [-0.4, -0.2) is 12.5 Å². The molecule has 180 valence electrons. The third-order valence-corrected chi connectivity index (χ3v) is 6.46. The largest absolute Gasteiger partial charge is 0.493 e. The molecule has 5 rings (SSSR count). The van der Waals surface area contributed by atoms with Crippen LogP contribution in [0.4, 0.5) is 5.69 Å². The number of carbonyl (C=O) groups excluding carboxylic acids is 1. The number of hydrogen-bond donors (Lipinski definition) is 1. The lowest BCUT2D eigenvalue weighted by Gasteiger charge is -2.12. The van der Waals surface area contributed by atoms with Crippen LogP contribution in [0.1, 0.15) is 31.9 Å². The van der Waals surface area contributed by atoms with Crippen LogP contribution < -0.4 is 10.1 Å². The van der Waals surface area contributed by atoms with Gasteiger partial charge >= 0.3 is 0 Å². The highest BCUT2D eigenvalue weighted by Gasteiger charge is 2.16. The molecule has 1 aromatic heterocycles. The van der Waals surface area contributed by atoms with Crippen molar-refractivity contribution in [1.29, 1.82) is 0 Å². The van der Waals surface area contributed by atoms with Crippen molar-refractivity contribution in [2.24, 2.45) is 0 Å². The fourth-order valence-electron chi connectivity index (χ4n) is 4.61. The van der Waals surface area contributed by atoms with Crippen molar-refractivity contribution >= 4 is 38.9 Å². The standard InChI is InChI=1S/C32H29NO3/c1-4-22-10-8-9-13-29(22)33-32(34)16-21(3)26-18-27-28(20-36-31(27)19-30(26)35-5-2)25-15-14-23-11-6-7-12-24(23)17-25/h6-20H,4-5H2,1-3H3,(H,33,34)/b21-16+. The number of carbonyl (C=O) groups is 1. The minimum absolute atomic E-state index is 0.169. The van der Waals surface area contributed by atoms with Gasteiger partial charge in [-0.15, -0.1) is 0 Å². The van der Waals surface area contributed by atoms with Crippen LogP contribution in [0.2, 0.25) is 0 Å². The number of aryl methyl sites for hydroxylation is 1. The molecule has 0 aliphatic heterocycles. The quantitative estimate of drug-likeness (QED) is 0.241. The molecule has 1 N–H and O–H groups in total. The van der Waals surface area contributed by atoms with Gasteiger partial charge in [0.2, 0.25) is 5.91 Å². The highest BCUT2D eigenvalue weighted by atomic mass is 16.5. The number of nitrogens with one attached hydrogen (secondary N) is 1. The molecular weight excluding hydrogens is 446 g/mol. The van der Waals surface area contributed by atoms with Gasteiger partial charge in [-0.2, -0.15) is 0 Å². The summed E-state index contributed by atoms with van der Waals surface area (Å²) in [6, 6.07) is 26.6. The molecule has 0 radical (unpaired) electrons. The molecule has 0 aliphatic carbocycles. The van der Waals surface area contributed by atoms with E-state index in [4.69, 9.17) is 9.15 Å². The first-order chi connectivity index (χ1) is 17.6. The van der Waals surface area contributed by atoms with Crippen molar-refractivity contribution in [3.63, 3.8) is 0 Å². The number of ether oxygens (including phenoxy) is 1. The summed E-state index contributed by atoms with van der Waals surface area (Å²) >= 11 is 0. The second kappa shape index (κ2) is 10.1. The maximum Gasteiger partial charge on any atom is 0.248 e. The molecule has 4 nitrogen and oxygen atoms in total. The van der Waals surface area contributed by atoms with Crippen molar-refractivity contribution in [2.75, 3.05) is 11.9 Å². The van der Waals surface area contributed by atoms with Crippen molar-refractivity contribution in [3.8, 4) is 16.9 Å². The fourth-order valence-corrected chi connectivity index (χ4v) is 4.61. The molecule has 5 aromatic rings. The van der Waals surface area contributed by atoms with Crippen LogP contribution in [0.25, 0.3) is 38.4 Å². The maximum absolute atomic E-state index is 12.9. The molecule has 0 saturated carbocycles. The molecule has 36 heavy (non-hydrogen) atoms. The smallest absolute Gasteiger partial charge is 0.248 e. The van der Waals surface area contributed by atoms with E-state index >= 15 is 0 Å². The van der Waals surface area contributed by atoms with Crippen molar-refractivity contribution in [3.05, 3.63) is 102 Å². The monoisotopic (exact) mass is 475 g/mol. The minimum Gasteiger partial charge on any atom is -0.493 e. The number of anilines is 1. The van der Waals surface area contributed by atoms with Gasteiger partial charge in [0, 0.05) is 34.3 Å². The highest BCUT2D eigenvalue weighted by Crippen LogP contribution is 2.38.